The van der Waals surface area contributed by atoms with Gasteiger partial charge in [0.05, 0.1) is 10.7 Å². The Labute approximate surface area is 266 Å². The fraction of sp³-hybridized carbons (Fsp3) is 0.500. The van der Waals surface area contributed by atoms with Crippen molar-refractivity contribution < 1.29 is 19.1 Å². The smallest absolute Gasteiger partial charge is 0.408 e. The van der Waals surface area contributed by atoms with Crippen LogP contribution in [-0.4, -0.2) is 53.0 Å². The van der Waals surface area contributed by atoms with E-state index in [1.54, 1.807) is 67.8 Å². The molecule has 0 bridgehead atoms. The number of amides is 3. The van der Waals surface area contributed by atoms with Gasteiger partial charge < -0.3 is 20.3 Å². The van der Waals surface area contributed by atoms with Gasteiger partial charge in [0.25, 0.3) is 5.91 Å². The van der Waals surface area contributed by atoms with Gasteiger partial charge in [-0.3, -0.25) is 9.59 Å². The number of hydrogen-bond donors (Lipinski definition) is 2. The maximum Gasteiger partial charge on any atom is 0.408 e. The van der Waals surface area contributed by atoms with Crippen LogP contribution in [0.25, 0.3) is 0 Å². The Kier molecular flexibility index (Phi) is 15.0. The molecule has 3 amide bonds. The second kappa shape index (κ2) is 17.8. The van der Waals surface area contributed by atoms with Crippen LogP contribution in [0.1, 0.15) is 89.0 Å². The van der Waals surface area contributed by atoms with Crippen LogP contribution in [0, 0.1) is 19.3 Å². The third-order valence-corrected chi connectivity index (χ3v) is 7.79. The number of rotatable bonds is 15. The molecule has 2 aromatic rings. The second-order valence-corrected chi connectivity index (χ2v) is 12.9. The lowest BCUT2D eigenvalue weighted by molar-refractivity contribution is -0.141. The minimum atomic E-state index is -1.07. The number of benzene rings is 2. The minimum Gasteiger partial charge on any atom is -0.444 e. The number of nitrogens with zero attached hydrogens (tertiary/aromatic N) is 1. The molecule has 2 N–H and O–H groups in total. The Morgan fingerprint density at radius 3 is 2.40 bits per heavy atom. The zero-order valence-electron chi connectivity index (χ0n) is 26.3. The van der Waals surface area contributed by atoms with Crippen LogP contribution >= 0.6 is 23.4 Å². The van der Waals surface area contributed by atoms with E-state index in [4.69, 9.17) is 22.8 Å². The highest BCUT2D eigenvalue weighted by Crippen LogP contribution is 2.31. The number of unbranched alkanes of at least 4 members (excludes halogenated alkanes) is 4. The van der Waals surface area contributed by atoms with Crippen molar-refractivity contribution in [3.8, 4) is 12.3 Å². The monoisotopic (exact) mass is 627 g/mol. The normalized spacial score (nSPS) is 12.5. The molecule has 2 unspecified atom stereocenters. The van der Waals surface area contributed by atoms with Crippen molar-refractivity contribution in [1.82, 2.24) is 10.2 Å². The number of halogens is 1. The minimum absolute atomic E-state index is 0.298. The van der Waals surface area contributed by atoms with Crippen LogP contribution in [0.3, 0.4) is 0 Å². The van der Waals surface area contributed by atoms with E-state index in [9.17, 15) is 14.4 Å². The lowest BCUT2D eigenvalue weighted by Crippen LogP contribution is -2.53. The topological polar surface area (TPSA) is 87.7 Å². The number of terminal acetylenes is 1. The molecule has 0 fully saturated rings. The van der Waals surface area contributed by atoms with Crippen molar-refractivity contribution >= 4 is 47.0 Å². The number of carbonyl (C=O) groups is 3. The number of hydrogen-bond acceptors (Lipinski definition) is 5. The highest BCUT2D eigenvalue weighted by molar-refractivity contribution is 7.98. The van der Waals surface area contributed by atoms with E-state index in [1.807, 2.05) is 25.3 Å². The first-order chi connectivity index (χ1) is 20.4. The second-order valence-electron chi connectivity index (χ2n) is 11.5. The molecule has 2 aromatic carbocycles. The van der Waals surface area contributed by atoms with Gasteiger partial charge in [0.2, 0.25) is 5.91 Å². The van der Waals surface area contributed by atoms with Gasteiger partial charge in [-0.15, -0.1) is 6.42 Å². The molecular weight excluding hydrogens is 582 g/mol. The quantitative estimate of drug-likeness (QED) is 0.156. The summed E-state index contributed by atoms with van der Waals surface area (Å²) in [5.41, 5.74) is 1.54. The Balaban J connectivity index is 2.62. The van der Waals surface area contributed by atoms with Crippen LogP contribution in [-0.2, 0) is 14.3 Å². The van der Waals surface area contributed by atoms with Gasteiger partial charge in [-0.05, 0) is 75.8 Å². The number of ether oxygens (including phenoxy) is 1. The first kappa shape index (κ1) is 36.0. The highest BCUT2D eigenvalue weighted by atomic mass is 35.5. The zero-order valence-corrected chi connectivity index (χ0v) is 27.9. The number of thioether (sulfide) groups is 1. The molecule has 0 saturated heterocycles. The number of carbonyl (C=O) groups excluding carboxylic acids is 3. The Hall–Kier alpha value is -3.15. The fourth-order valence-electron chi connectivity index (χ4n) is 4.69. The molecule has 0 aromatic heterocycles. The molecule has 7 nitrogen and oxygen atoms in total. The SMILES string of the molecule is C#Cc1ccccc1C(C(=O)Nc1c(C)cccc1Cl)N(CCCCCCC)C(=O)C(CCSC)NC(=O)OC(C)(C)C. The van der Waals surface area contributed by atoms with Crippen LogP contribution in [0.2, 0.25) is 5.02 Å². The number of para-hydroxylation sites is 1. The van der Waals surface area contributed by atoms with Gasteiger partial charge in [-0.1, -0.05) is 80.5 Å². The van der Waals surface area contributed by atoms with Crippen molar-refractivity contribution in [1.29, 1.82) is 0 Å². The molecule has 0 aliphatic rings. The number of anilines is 1. The summed E-state index contributed by atoms with van der Waals surface area (Å²) in [4.78, 5) is 43.1. The summed E-state index contributed by atoms with van der Waals surface area (Å²) in [5, 5.41) is 6.15. The van der Waals surface area contributed by atoms with Crippen molar-refractivity contribution in [2.75, 3.05) is 23.9 Å². The van der Waals surface area contributed by atoms with Gasteiger partial charge in [0.1, 0.15) is 17.7 Å². The number of alkyl carbamates (subject to hydrolysis) is 1. The van der Waals surface area contributed by atoms with Gasteiger partial charge in [0, 0.05) is 12.1 Å². The van der Waals surface area contributed by atoms with E-state index >= 15 is 0 Å². The molecule has 43 heavy (non-hydrogen) atoms. The molecule has 0 aliphatic carbocycles. The Morgan fingerprint density at radius 1 is 1.07 bits per heavy atom. The van der Waals surface area contributed by atoms with E-state index in [2.05, 4.69) is 23.5 Å². The van der Waals surface area contributed by atoms with Crippen molar-refractivity contribution in [3.63, 3.8) is 0 Å². The maximum atomic E-state index is 14.5. The van der Waals surface area contributed by atoms with Crippen molar-refractivity contribution in [2.24, 2.45) is 0 Å². The molecule has 0 heterocycles. The molecule has 0 spiro atoms. The third-order valence-electron chi connectivity index (χ3n) is 6.83. The van der Waals surface area contributed by atoms with Gasteiger partial charge in [0.15, 0.2) is 0 Å². The van der Waals surface area contributed by atoms with Gasteiger partial charge in [-0.25, -0.2) is 4.79 Å². The summed E-state index contributed by atoms with van der Waals surface area (Å²) < 4.78 is 5.49. The summed E-state index contributed by atoms with van der Waals surface area (Å²) in [6.45, 7) is 9.59. The van der Waals surface area contributed by atoms with Crippen molar-refractivity contribution in [2.45, 2.75) is 90.8 Å². The van der Waals surface area contributed by atoms with Crippen molar-refractivity contribution in [3.05, 3.63) is 64.2 Å². The van der Waals surface area contributed by atoms with Crippen LogP contribution < -0.4 is 10.6 Å². The molecule has 0 saturated carbocycles. The average Bonchev–Trinajstić information content (AvgIpc) is 2.95. The van der Waals surface area contributed by atoms with Crippen LogP contribution in [0.15, 0.2) is 42.5 Å². The summed E-state index contributed by atoms with van der Waals surface area (Å²) in [6, 6.07) is 10.5. The Morgan fingerprint density at radius 2 is 1.77 bits per heavy atom. The summed E-state index contributed by atoms with van der Waals surface area (Å²) >= 11 is 8.05. The largest absolute Gasteiger partial charge is 0.444 e. The summed E-state index contributed by atoms with van der Waals surface area (Å²) in [6.07, 6.45) is 12.2. The summed E-state index contributed by atoms with van der Waals surface area (Å²) in [7, 11) is 0. The lowest BCUT2D eigenvalue weighted by Gasteiger charge is -2.35. The average molecular weight is 628 g/mol. The van der Waals surface area contributed by atoms with E-state index < -0.39 is 29.7 Å². The van der Waals surface area contributed by atoms with Gasteiger partial charge in [-0.2, -0.15) is 11.8 Å². The third kappa shape index (κ3) is 11.5. The molecule has 9 heteroatoms. The zero-order chi connectivity index (χ0) is 32.0. The standard InChI is InChI=1S/C34H46ClN3O4S/c1-8-10-11-12-15-22-38(32(40)28(21-23-43-7)36-33(41)42-34(4,5)6)30(26-19-14-13-18-25(26)9-2)31(39)37-29-24(3)17-16-20-27(29)35/h2,13-14,16-20,28,30H,8,10-12,15,21-23H2,1,3-7H3,(H,36,41)(H,37,39). The highest BCUT2D eigenvalue weighted by Gasteiger charge is 2.37. The lowest BCUT2D eigenvalue weighted by atomic mass is 9.96. The number of nitrogens with one attached hydrogen (secondary N) is 2. The first-order valence-electron chi connectivity index (χ1n) is 14.8. The first-order valence-corrected chi connectivity index (χ1v) is 16.6. The van der Waals surface area contributed by atoms with Crippen LogP contribution in [0.5, 0.6) is 0 Å². The molecular formula is C34H46ClN3O4S. The molecule has 2 atom stereocenters. The van der Waals surface area contributed by atoms with E-state index in [1.165, 1.54) is 0 Å². The Bertz CT molecular complexity index is 1250. The molecule has 0 radical (unpaired) electrons. The van der Waals surface area contributed by atoms with Gasteiger partial charge >= 0.3 is 6.09 Å². The predicted octanol–water partition coefficient (Wildman–Crippen LogP) is 7.75. The van der Waals surface area contributed by atoms with E-state index in [-0.39, 0.29) is 5.91 Å². The fourth-order valence-corrected chi connectivity index (χ4v) is 5.44. The molecule has 234 valence electrons. The predicted molar refractivity (Wildman–Crippen MR) is 179 cm³/mol. The molecule has 0 aliphatic heterocycles. The summed E-state index contributed by atoms with van der Waals surface area (Å²) in [5.74, 6) is 2.48. The maximum absolute atomic E-state index is 14.5. The van der Waals surface area contributed by atoms with E-state index in [0.717, 1.165) is 31.2 Å². The molecule has 2 rings (SSSR count). The van der Waals surface area contributed by atoms with Crippen LogP contribution in [0.4, 0.5) is 10.5 Å². The van der Waals surface area contributed by atoms with E-state index in [0.29, 0.717) is 47.0 Å². The number of aryl methyl sites for hydroxylation is 1.